The highest BCUT2D eigenvalue weighted by molar-refractivity contribution is 4.75. The molecule has 2 heteroatoms. The third kappa shape index (κ3) is 1.66. The molecular formula is C7H15N2. The van der Waals surface area contributed by atoms with E-state index in [4.69, 9.17) is 5.73 Å². The zero-order valence-electron chi connectivity index (χ0n) is 6.01. The summed E-state index contributed by atoms with van der Waals surface area (Å²) in [7, 11) is 0. The van der Waals surface area contributed by atoms with Crippen LogP contribution in [0.5, 0.6) is 0 Å². The molecule has 0 saturated carbocycles. The molecule has 0 spiro atoms. The van der Waals surface area contributed by atoms with Gasteiger partial charge in [-0.1, -0.05) is 6.42 Å². The number of hydrogen-bond acceptors (Lipinski definition) is 2. The highest BCUT2D eigenvalue weighted by Crippen LogP contribution is 2.15. The summed E-state index contributed by atoms with van der Waals surface area (Å²) in [4.78, 5) is 2.21. The minimum Gasteiger partial charge on any atom is -0.313 e. The summed E-state index contributed by atoms with van der Waals surface area (Å²) in [5.41, 5.74) is 5.39. The Morgan fingerprint density at radius 1 is 1.56 bits per heavy atom. The summed E-state index contributed by atoms with van der Waals surface area (Å²) in [6.45, 7) is 5.09. The van der Waals surface area contributed by atoms with E-state index in [1.54, 1.807) is 6.67 Å². The Hall–Kier alpha value is -0.0800. The van der Waals surface area contributed by atoms with Gasteiger partial charge in [0.2, 0.25) is 0 Å². The number of hydrogen-bond donors (Lipinski definition) is 1. The lowest BCUT2D eigenvalue weighted by molar-refractivity contribution is 0.201. The lowest BCUT2D eigenvalue weighted by atomic mass is 10.0. The first kappa shape index (κ1) is 7.03. The van der Waals surface area contributed by atoms with Crippen molar-refractivity contribution in [1.82, 2.24) is 4.90 Å². The van der Waals surface area contributed by atoms with E-state index in [1.165, 1.54) is 19.3 Å². The molecule has 1 aliphatic rings. The van der Waals surface area contributed by atoms with Gasteiger partial charge >= 0.3 is 0 Å². The monoisotopic (exact) mass is 127 g/mol. The van der Waals surface area contributed by atoms with Crippen LogP contribution in [0, 0.1) is 6.67 Å². The van der Waals surface area contributed by atoms with Crippen LogP contribution in [0.2, 0.25) is 0 Å². The van der Waals surface area contributed by atoms with Gasteiger partial charge in [0.1, 0.15) is 0 Å². The lowest BCUT2D eigenvalue weighted by Gasteiger charge is -2.31. The maximum atomic E-state index is 5.39. The van der Waals surface area contributed by atoms with Gasteiger partial charge in [-0.2, -0.15) is 0 Å². The summed E-state index contributed by atoms with van der Waals surface area (Å²) in [5, 5.41) is 0. The van der Waals surface area contributed by atoms with Crippen molar-refractivity contribution in [2.24, 2.45) is 5.73 Å². The SMILES string of the molecule is CC1CCCCN1[CH]N. The molecule has 9 heavy (non-hydrogen) atoms. The molecule has 1 aliphatic heterocycles. The first-order valence-corrected chi connectivity index (χ1v) is 3.65. The van der Waals surface area contributed by atoms with E-state index in [-0.39, 0.29) is 0 Å². The summed E-state index contributed by atoms with van der Waals surface area (Å²) in [6.07, 6.45) is 3.97. The van der Waals surface area contributed by atoms with Crippen LogP contribution in [0.1, 0.15) is 26.2 Å². The zero-order valence-corrected chi connectivity index (χ0v) is 6.01. The van der Waals surface area contributed by atoms with Gasteiger partial charge in [0, 0.05) is 12.6 Å². The molecule has 1 saturated heterocycles. The Morgan fingerprint density at radius 2 is 2.33 bits per heavy atom. The third-order valence-electron chi connectivity index (χ3n) is 2.05. The van der Waals surface area contributed by atoms with E-state index in [9.17, 15) is 0 Å². The molecule has 53 valence electrons. The van der Waals surface area contributed by atoms with Crippen LogP contribution >= 0.6 is 0 Å². The van der Waals surface area contributed by atoms with Gasteiger partial charge in [-0.3, -0.25) is 4.90 Å². The number of rotatable bonds is 1. The molecule has 1 rings (SSSR count). The van der Waals surface area contributed by atoms with Gasteiger partial charge in [0.25, 0.3) is 0 Å². The van der Waals surface area contributed by atoms with E-state index >= 15 is 0 Å². The van der Waals surface area contributed by atoms with Gasteiger partial charge < -0.3 is 5.73 Å². The fourth-order valence-electron chi connectivity index (χ4n) is 1.34. The van der Waals surface area contributed by atoms with Crippen LogP contribution in [-0.4, -0.2) is 17.5 Å². The molecule has 1 radical (unpaired) electrons. The molecule has 0 amide bonds. The Balaban J connectivity index is 2.30. The van der Waals surface area contributed by atoms with Crippen molar-refractivity contribution in [2.45, 2.75) is 32.2 Å². The number of likely N-dealkylation sites (tertiary alicyclic amines) is 1. The van der Waals surface area contributed by atoms with Crippen LogP contribution in [-0.2, 0) is 0 Å². The predicted octanol–water partition coefficient (Wildman–Crippen LogP) is 0.939. The van der Waals surface area contributed by atoms with Crippen molar-refractivity contribution in [2.75, 3.05) is 6.54 Å². The fraction of sp³-hybridized carbons (Fsp3) is 0.857. The molecule has 1 unspecified atom stereocenters. The lowest BCUT2D eigenvalue weighted by Crippen LogP contribution is -2.37. The van der Waals surface area contributed by atoms with Crippen LogP contribution in [0.15, 0.2) is 0 Å². The Labute approximate surface area is 57.0 Å². The molecule has 0 aliphatic carbocycles. The molecule has 0 aromatic heterocycles. The molecular weight excluding hydrogens is 112 g/mol. The molecule has 0 aromatic carbocycles. The van der Waals surface area contributed by atoms with Crippen molar-refractivity contribution >= 4 is 0 Å². The largest absolute Gasteiger partial charge is 0.313 e. The second kappa shape index (κ2) is 3.18. The molecule has 1 atom stereocenters. The normalized spacial score (nSPS) is 30.7. The average Bonchev–Trinajstić information content (AvgIpc) is 1.89. The van der Waals surface area contributed by atoms with Crippen molar-refractivity contribution in [1.29, 1.82) is 0 Å². The van der Waals surface area contributed by atoms with Crippen LogP contribution < -0.4 is 5.73 Å². The Morgan fingerprint density at radius 3 is 2.78 bits per heavy atom. The van der Waals surface area contributed by atoms with Crippen LogP contribution in [0.25, 0.3) is 0 Å². The van der Waals surface area contributed by atoms with Crippen molar-refractivity contribution < 1.29 is 0 Å². The fourth-order valence-corrected chi connectivity index (χ4v) is 1.34. The number of nitrogens with two attached hydrogens (primary N) is 1. The van der Waals surface area contributed by atoms with Crippen molar-refractivity contribution in [3.05, 3.63) is 6.67 Å². The molecule has 0 bridgehead atoms. The van der Waals surface area contributed by atoms with Crippen molar-refractivity contribution in [3.8, 4) is 0 Å². The summed E-state index contributed by atoms with van der Waals surface area (Å²) in [5.74, 6) is 0. The quantitative estimate of drug-likeness (QED) is 0.568. The minimum absolute atomic E-state index is 0.670. The smallest absolute Gasteiger partial charge is 0.0868 e. The molecule has 1 fully saturated rings. The Bertz CT molecular complexity index is 83.0. The van der Waals surface area contributed by atoms with Gasteiger partial charge in [-0.15, -0.1) is 0 Å². The summed E-state index contributed by atoms with van der Waals surface area (Å²) < 4.78 is 0. The van der Waals surface area contributed by atoms with E-state index in [0.29, 0.717) is 6.04 Å². The van der Waals surface area contributed by atoms with E-state index < -0.39 is 0 Å². The standard InChI is InChI=1S/C7H15N2/c1-7-4-2-3-5-9(7)6-8/h6-7H,2-5,8H2,1H3. The first-order chi connectivity index (χ1) is 4.34. The maximum absolute atomic E-state index is 5.39. The highest BCUT2D eigenvalue weighted by atomic mass is 15.2. The minimum atomic E-state index is 0.670. The summed E-state index contributed by atoms with van der Waals surface area (Å²) in [6, 6.07) is 0.670. The molecule has 1 heterocycles. The molecule has 0 aromatic rings. The topological polar surface area (TPSA) is 29.3 Å². The second-order valence-corrected chi connectivity index (χ2v) is 2.73. The molecule has 2 nitrogen and oxygen atoms in total. The van der Waals surface area contributed by atoms with Gasteiger partial charge in [0.05, 0.1) is 6.67 Å². The van der Waals surface area contributed by atoms with Crippen LogP contribution in [0.4, 0.5) is 0 Å². The zero-order chi connectivity index (χ0) is 6.69. The van der Waals surface area contributed by atoms with Crippen LogP contribution in [0.3, 0.4) is 0 Å². The third-order valence-corrected chi connectivity index (χ3v) is 2.05. The summed E-state index contributed by atoms with van der Waals surface area (Å²) >= 11 is 0. The first-order valence-electron chi connectivity index (χ1n) is 3.65. The van der Waals surface area contributed by atoms with E-state index in [1.807, 2.05) is 0 Å². The number of nitrogens with zero attached hydrogens (tertiary/aromatic N) is 1. The predicted molar refractivity (Wildman–Crippen MR) is 38.5 cm³/mol. The number of piperidine rings is 1. The highest BCUT2D eigenvalue weighted by Gasteiger charge is 2.15. The van der Waals surface area contributed by atoms with Gasteiger partial charge in [-0.05, 0) is 19.8 Å². The molecule has 2 N–H and O–H groups in total. The second-order valence-electron chi connectivity index (χ2n) is 2.73. The maximum Gasteiger partial charge on any atom is 0.0868 e. The van der Waals surface area contributed by atoms with Gasteiger partial charge in [-0.25, -0.2) is 0 Å². The average molecular weight is 127 g/mol. The Kier molecular flexibility index (Phi) is 2.49. The van der Waals surface area contributed by atoms with E-state index in [0.717, 1.165) is 6.54 Å². The van der Waals surface area contributed by atoms with Crippen molar-refractivity contribution in [3.63, 3.8) is 0 Å². The van der Waals surface area contributed by atoms with E-state index in [2.05, 4.69) is 11.8 Å². The van der Waals surface area contributed by atoms with Gasteiger partial charge in [0.15, 0.2) is 0 Å².